The molecule has 0 radical (unpaired) electrons. The van der Waals surface area contributed by atoms with E-state index in [0.717, 1.165) is 17.1 Å². The molecule has 0 spiro atoms. The van der Waals surface area contributed by atoms with Crippen molar-refractivity contribution in [3.05, 3.63) is 48.0 Å². The maximum atomic E-state index is 12.5. The minimum absolute atomic E-state index is 0.205. The predicted octanol–water partition coefficient (Wildman–Crippen LogP) is 2.58. The Balaban J connectivity index is 2.22. The zero-order valence-corrected chi connectivity index (χ0v) is 13.9. The molecular weight excluding hydrogens is 318 g/mol. The zero-order valence-electron chi connectivity index (χ0n) is 13.9. The van der Waals surface area contributed by atoms with Gasteiger partial charge in [0.1, 0.15) is 6.29 Å². The Kier molecular flexibility index (Phi) is 4.56. The molecule has 2 aromatic rings. The number of carbonyl (C=O) groups is 2. The van der Waals surface area contributed by atoms with Gasteiger partial charge in [-0.15, -0.1) is 0 Å². The van der Waals surface area contributed by atoms with Crippen LogP contribution in [-0.4, -0.2) is 30.6 Å². The molecule has 1 fully saturated rings. The number of ether oxygens (including phenoxy) is 1. The first-order chi connectivity index (χ1) is 12.1. The van der Waals surface area contributed by atoms with E-state index >= 15 is 0 Å². The number of esters is 1. The Hall–Kier alpha value is -2.71. The molecule has 1 saturated carbocycles. The first-order valence-electron chi connectivity index (χ1n) is 8.20. The Morgan fingerprint density at radius 1 is 1.28 bits per heavy atom. The number of fused-ring (bicyclic) bond motifs is 1. The van der Waals surface area contributed by atoms with Crippen LogP contribution in [0.1, 0.15) is 24.3 Å². The van der Waals surface area contributed by atoms with Crippen LogP contribution >= 0.6 is 0 Å². The molecule has 128 valence electrons. The molecule has 1 aliphatic carbocycles. The van der Waals surface area contributed by atoms with Gasteiger partial charge in [-0.1, -0.05) is 42.5 Å². The predicted molar refractivity (Wildman–Crippen MR) is 91.5 cm³/mol. The standard InChI is InChI=1S/C20H19NO4/c1-25-19(24)20(12-21)17(23)9-8-16(11-22)18(20)15-7-6-13-4-2-3-5-14(13)10-15/h2-7,10-11,16-18,23H,8-9H2,1H3/t16-,17+,18-,20-/m0/s1. The SMILES string of the molecule is COC(=O)[C@@]1(C#N)[C@H](O)CC[C@@H](C=O)[C@@H]1c1ccc2ccccc2c1. The third kappa shape index (κ3) is 2.59. The van der Waals surface area contributed by atoms with Crippen LogP contribution in [0.15, 0.2) is 42.5 Å². The molecule has 0 aliphatic heterocycles. The van der Waals surface area contributed by atoms with Gasteiger partial charge in [-0.25, -0.2) is 0 Å². The quantitative estimate of drug-likeness (QED) is 0.687. The average molecular weight is 337 g/mol. The van der Waals surface area contributed by atoms with Crippen LogP contribution in [0.5, 0.6) is 0 Å². The van der Waals surface area contributed by atoms with Crippen molar-refractivity contribution in [3.63, 3.8) is 0 Å². The van der Waals surface area contributed by atoms with Gasteiger partial charge < -0.3 is 14.6 Å². The van der Waals surface area contributed by atoms with E-state index in [-0.39, 0.29) is 6.42 Å². The third-order valence-corrected chi connectivity index (χ3v) is 5.23. The minimum Gasteiger partial charge on any atom is -0.468 e. The van der Waals surface area contributed by atoms with E-state index in [9.17, 15) is 20.0 Å². The summed E-state index contributed by atoms with van der Waals surface area (Å²) in [5.41, 5.74) is -1.11. The smallest absolute Gasteiger partial charge is 0.329 e. The number of aliphatic hydroxyl groups excluding tert-OH is 1. The lowest BCUT2D eigenvalue weighted by atomic mass is 9.58. The van der Waals surface area contributed by atoms with Crippen LogP contribution in [0.3, 0.4) is 0 Å². The molecule has 0 aromatic heterocycles. The maximum Gasteiger partial charge on any atom is 0.329 e. The van der Waals surface area contributed by atoms with E-state index < -0.39 is 29.3 Å². The normalized spacial score (nSPS) is 28.9. The summed E-state index contributed by atoms with van der Waals surface area (Å²) in [4.78, 5) is 24.2. The topological polar surface area (TPSA) is 87.4 Å². The molecule has 0 heterocycles. The minimum atomic E-state index is -1.79. The van der Waals surface area contributed by atoms with Gasteiger partial charge in [0, 0.05) is 11.8 Å². The molecule has 4 atom stereocenters. The Morgan fingerprint density at radius 3 is 2.64 bits per heavy atom. The fourth-order valence-corrected chi connectivity index (χ4v) is 3.97. The van der Waals surface area contributed by atoms with E-state index in [4.69, 9.17) is 4.74 Å². The first-order valence-corrected chi connectivity index (χ1v) is 8.20. The van der Waals surface area contributed by atoms with Crippen molar-refractivity contribution >= 4 is 23.0 Å². The van der Waals surface area contributed by atoms with Crippen molar-refractivity contribution in [1.29, 1.82) is 5.26 Å². The van der Waals surface area contributed by atoms with Crippen molar-refractivity contribution in [1.82, 2.24) is 0 Å². The van der Waals surface area contributed by atoms with Gasteiger partial charge in [-0.05, 0) is 29.2 Å². The number of hydrogen-bond acceptors (Lipinski definition) is 5. The molecule has 5 nitrogen and oxygen atoms in total. The van der Waals surface area contributed by atoms with Crippen LogP contribution in [0.4, 0.5) is 0 Å². The summed E-state index contributed by atoms with van der Waals surface area (Å²) in [6.07, 6.45) is 0.220. The molecule has 0 bridgehead atoms. The number of nitriles is 1. The van der Waals surface area contributed by atoms with Gasteiger partial charge in [-0.2, -0.15) is 5.26 Å². The van der Waals surface area contributed by atoms with E-state index in [0.29, 0.717) is 12.0 Å². The highest BCUT2D eigenvalue weighted by molar-refractivity contribution is 5.86. The summed E-state index contributed by atoms with van der Waals surface area (Å²) in [6.45, 7) is 0. The van der Waals surface area contributed by atoms with Crippen molar-refractivity contribution < 1.29 is 19.4 Å². The highest BCUT2D eigenvalue weighted by atomic mass is 16.5. The number of rotatable bonds is 3. The van der Waals surface area contributed by atoms with Gasteiger partial charge in [0.25, 0.3) is 0 Å². The lowest BCUT2D eigenvalue weighted by molar-refractivity contribution is -0.161. The number of aliphatic hydroxyl groups is 1. The number of nitrogens with zero attached hydrogens (tertiary/aromatic N) is 1. The Bertz CT molecular complexity index is 856. The second-order valence-corrected chi connectivity index (χ2v) is 6.45. The highest BCUT2D eigenvalue weighted by Crippen LogP contribution is 2.50. The monoisotopic (exact) mass is 337 g/mol. The van der Waals surface area contributed by atoms with Gasteiger partial charge in [-0.3, -0.25) is 4.79 Å². The van der Waals surface area contributed by atoms with Gasteiger partial charge in [0.15, 0.2) is 5.41 Å². The molecule has 3 rings (SSSR count). The van der Waals surface area contributed by atoms with Crippen molar-refractivity contribution in [2.24, 2.45) is 11.3 Å². The number of aldehydes is 1. The van der Waals surface area contributed by atoms with Crippen LogP contribution in [-0.2, 0) is 14.3 Å². The summed E-state index contributed by atoms with van der Waals surface area (Å²) >= 11 is 0. The van der Waals surface area contributed by atoms with Crippen LogP contribution in [0, 0.1) is 22.7 Å². The van der Waals surface area contributed by atoms with E-state index in [1.165, 1.54) is 7.11 Å². The number of carbonyl (C=O) groups excluding carboxylic acids is 2. The Labute approximate surface area is 145 Å². The molecule has 1 aliphatic rings. The molecule has 2 aromatic carbocycles. The molecular formula is C20H19NO4. The van der Waals surface area contributed by atoms with Gasteiger partial charge >= 0.3 is 5.97 Å². The number of methoxy groups -OCH3 is 1. The van der Waals surface area contributed by atoms with E-state index in [1.54, 1.807) is 0 Å². The average Bonchev–Trinajstić information content (AvgIpc) is 2.66. The molecule has 0 saturated heterocycles. The van der Waals surface area contributed by atoms with Crippen LogP contribution < -0.4 is 0 Å². The maximum absolute atomic E-state index is 12.5. The summed E-state index contributed by atoms with van der Waals surface area (Å²) in [6, 6.07) is 15.3. The first kappa shape index (κ1) is 17.1. The van der Waals surface area contributed by atoms with Crippen LogP contribution in [0.25, 0.3) is 10.8 Å². The molecule has 0 amide bonds. The van der Waals surface area contributed by atoms with Gasteiger partial charge in [0.2, 0.25) is 0 Å². The summed E-state index contributed by atoms with van der Waals surface area (Å²) in [5.74, 6) is -2.09. The van der Waals surface area contributed by atoms with E-state index in [2.05, 4.69) is 0 Å². The summed E-state index contributed by atoms with van der Waals surface area (Å²) in [7, 11) is 1.19. The van der Waals surface area contributed by atoms with Crippen molar-refractivity contribution in [2.45, 2.75) is 24.9 Å². The molecule has 1 N–H and O–H groups in total. The largest absolute Gasteiger partial charge is 0.468 e. The fraction of sp³-hybridized carbons (Fsp3) is 0.350. The van der Waals surface area contributed by atoms with Crippen LogP contribution in [0.2, 0.25) is 0 Å². The second kappa shape index (κ2) is 6.66. The lowest BCUT2D eigenvalue weighted by Crippen LogP contribution is -2.52. The molecule has 5 heteroatoms. The molecule has 0 unspecified atom stereocenters. The Morgan fingerprint density at radius 2 is 2.00 bits per heavy atom. The van der Waals surface area contributed by atoms with Crippen molar-refractivity contribution in [3.8, 4) is 6.07 Å². The fourth-order valence-electron chi connectivity index (χ4n) is 3.97. The molecule has 25 heavy (non-hydrogen) atoms. The van der Waals surface area contributed by atoms with Gasteiger partial charge in [0.05, 0.1) is 19.3 Å². The van der Waals surface area contributed by atoms with Crippen molar-refractivity contribution in [2.75, 3.05) is 7.11 Å². The summed E-state index contributed by atoms with van der Waals surface area (Å²) < 4.78 is 4.85. The van der Waals surface area contributed by atoms with E-state index in [1.807, 2.05) is 48.5 Å². The third-order valence-electron chi connectivity index (χ3n) is 5.23. The second-order valence-electron chi connectivity index (χ2n) is 6.45. The summed E-state index contributed by atoms with van der Waals surface area (Å²) in [5, 5.41) is 22.4. The highest BCUT2D eigenvalue weighted by Gasteiger charge is 2.58. The zero-order chi connectivity index (χ0) is 18.0. The number of hydrogen-bond donors (Lipinski definition) is 1. The lowest BCUT2D eigenvalue weighted by Gasteiger charge is -2.43. The number of benzene rings is 2.